The molecule has 2 heterocycles. The molecule has 21 heavy (non-hydrogen) atoms. The van der Waals surface area contributed by atoms with E-state index in [1.54, 1.807) is 0 Å². The Morgan fingerprint density at radius 1 is 1.33 bits per heavy atom. The van der Waals surface area contributed by atoms with Gasteiger partial charge in [-0.3, -0.25) is 4.90 Å². The molecule has 110 valence electrons. The number of fused-ring (bicyclic) bond motifs is 1. The van der Waals surface area contributed by atoms with Crippen LogP contribution in [0.2, 0.25) is 0 Å². The number of carboxylic acids is 1. The van der Waals surface area contributed by atoms with Crippen LogP contribution in [0.1, 0.15) is 46.7 Å². The van der Waals surface area contributed by atoms with Crippen LogP contribution in [0.15, 0.2) is 18.2 Å². The van der Waals surface area contributed by atoms with E-state index in [2.05, 4.69) is 46.3 Å². The lowest BCUT2D eigenvalue weighted by Gasteiger charge is -2.18. The third-order valence-corrected chi connectivity index (χ3v) is 3.94. The average Bonchev–Trinajstić information content (AvgIpc) is 3.04. The molecule has 1 aromatic heterocycles. The molecule has 0 aliphatic carbocycles. The van der Waals surface area contributed by atoms with Gasteiger partial charge in [0.2, 0.25) is 0 Å². The molecule has 0 amide bonds. The van der Waals surface area contributed by atoms with E-state index in [0.29, 0.717) is 18.2 Å². The number of aromatic carboxylic acids is 1. The number of rotatable bonds is 4. The van der Waals surface area contributed by atoms with Crippen LogP contribution in [-0.4, -0.2) is 37.4 Å². The van der Waals surface area contributed by atoms with Crippen molar-refractivity contribution in [1.82, 2.24) is 20.3 Å². The van der Waals surface area contributed by atoms with Crippen molar-refractivity contribution in [3.8, 4) is 0 Å². The SMILES string of the molecule is CC(C)N1Cc2ccc(Cc3n[nH]nc3C(=O)O)cc2C1. The lowest BCUT2D eigenvalue weighted by molar-refractivity contribution is 0.0689. The van der Waals surface area contributed by atoms with Crippen molar-refractivity contribution in [3.63, 3.8) is 0 Å². The van der Waals surface area contributed by atoms with Crippen molar-refractivity contribution in [2.75, 3.05) is 0 Å². The summed E-state index contributed by atoms with van der Waals surface area (Å²) in [5, 5.41) is 19.1. The van der Waals surface area contributed by atoms with Gasteiger partial charge in [-0.1, -0.05) is 18.2 Å². The van der Waals surface area contributed by atoms with Gasteiger partial charge in [0.15, 0.2) is 5.69 Å². The minimum absolute atomic E-state index is 0.000643. The molecule has 6 nitrogen and oxygen atoms in total. The van der Waals surface area contributed by atoms with Gasteiger partial charge in [-0.05, 0) is 30.5 Å². The molecule has 0 saturated carbocycles. The van der Waals surface area contributed by atoms with Gasteiger partial charge in [0.25, 0.3) is 0 Å². The highest BCUT2D eigenvalue weighted by Crippen LogP contribution is 2.26. The van der Waals surface area contributed by atoms with Gasteiger partial charge in [-0.2, -0.15) is 10.3 Å². The molecule has 1 aromatic carbocycles. The van der Waals surface area contributed by atoms with E-state index in [-0.39, 0.29) is 5.69 Å². The molecule has 1 aliphatic heterocycles. The van der Waals surface area contributed by atoms with Gasteiger partial charge in [-0.15, -0.1) is 5.10 Å². The van der Waals surface area contributed by atoms with E-state index >= 15 is 0 Å². The van der Waals surface area contributed by atoms with Gasteiger partial charge in [0.05, 0.1) is 0 Å². The highest BCUT2D eigenvalue weighted by atomic mass is 16.4. The lowest BCUT2D eigenvalue weighted by Crippen LogP contribution is -2.24. The number of H-pyrrole nitrogens is 1. The molecule has 0 fully saturated rings. The smallest absolute Gasteiger partial charge is 0.358 e. The van der Waals surface area contributed by atoms with Crippen molar-refractivity contribution < 1.29 is 9.90 Å². The summed E-state index contributed by atoms with van der Waals surface area (Å²) in [6.07, 6.45) is 0.479. The summed E-state index contributed by atoms with van der Waals surface area (Å²) in [5.74, 6) is -1.05. The first-order valence-electron chi connectivity index (χ1n) is 7.02. The third kappa shape index (κ3) is 2.67. The lowest BCUT2D eigenvalue weighted by atomic mass is 10.0. The standard InChI is InChI=1S/C15H18N4O2/c1-9(2)19-7-11-4-3-10(5-12(11)8-19)6-13-14(15(20)21)17-18-16-13/h3-5,9H,6-8H2,1-2H3,(H,20,21)(H,16,17,18). The zero-order valence-electron chi connectivity index (χ0n) is 12.1. The monoisotopic (exact) mass is 286 g/mol. The van der Waals surface area contributed by atoms with Crippen LogP contribution in [0.5, 0.6) is 0 Å². The maximum absolute atomic E-state index is 11.0. The van der Waals surface area contributed by atoms with Crippen LogP contribution in [0.4, 0.5) is 0 Å². The number of carbonyl (C=O) groups is 1. The Balaban J connectivity index is 1.81. The first kappa shape index (κ1) is 13.8. The van der Waals surface area contributed by atoms with Crippen LogP contribution < -0.4 is 0 Å². The number of carboxylic acid groups (broad SMARTS) is 1. The fraction of sp³-hybridized carbons (Fsp3) is 0.400. The van der Waals surface area contributed by atoms with E-state index in [0.717, 1.165) is 18.7 Å². The number of hydrogen-bond acceptors (Lipinski definition) is 4. The molecular weight excluding hydrogens is 268 g/mol. The molecule has 0 bridgehead atoms. The summed E-state index contributed by atoms with van der Waals surface area (Å²) in [7, 11) is 0. The molecule has 3 rings (SSSR count). The largest absolute Gasteiger partial charge is 0.476 e. The van der Waals surface area contributed by atoms with Crippen LogP contribution in [-0.2, 0) is 19.5 Å². The van der Waals surface area contributed by atoms with Crippen molar-refractivity contribution >= 4 is 5.97 Å². The minimum Gasteiger partial charge on any atom is -0.476 e. The first-order valence-corrected chi connectivity index (χ1v) is 7.02. The van der Waals surface area contributed by atoms with Gasteiger partial charge in [0, 0.05) is 25.6 Å². The number of aromatic amines is 1. The molecule has 6 heteroatoms. The number of aromatic nitrogens is 3. The van der Waals surface area contributed by atoms with Gasteiger partial charge in [0.1, 0.15) is 5.69 Å². The average molecular weight is 286 g/mol. The third-order valence-electron chi connectivity index (χ3n) is 3.94. The molecule has 2 aromatic rings. The first-order chi connectivity index (χ1) is 10.0. The van der Waals surface area contributed by atoms with Crippen LogP contribution in [0, 0.1) is 0 Å². The normalized spacial score (nSPS) is 14.6. The molecule has 1 aliphatic rings. The predicted molar refractivity (Wildman–Crippen MR) is 77.0 cm³/mol. The van der Waals surface area contributed by atoms with E-state index in [4.69, 9.17) is 5.11 Å². The van der Waals surface area contributed by atoms with Crippen LogP contribution >= 0.6 is 0 Å². The van der Waals surface area contributed by atoms with Gasteiger partial charge in [-0.25, -0.2) is 4.79 Å². The van der Waals surface area contributed by atoms with E-state index in [9.17, 15) is 4.79 Å². The molecule has 0 radical (unpaired) electrons. The number of nitrogens with zero attached hydrogens (tertiary/aromatic N) is 3. The Labute approximate surface area is 122 Å². The van der Waals surface area contributed by atoms with E-state index < -0.39 is 5.97 Å². The number of benzene rings is 1. The number of hydrogen-bond donors (Lipinski definition) is 2. The summed E-state index contributed by atoms with van der Waals surface area (Å²) in [5.41, 5.74) is 4.21. The van der Waals surface area contributed by atoms with Crippen molar-refractivity contribution in [3.05, 3.63) is 46.3 Å². The van der Waals surface area contributed by atoms with Gasteiger partial charge < -0.3 is 5.11 Å². The summed E-state index contributed by atoms with van der Waals surface area (Å²) in [4.78, 5) is 13.5. The fourth-order valence-corrected chi connectivity index (χ4v) is 2.69. The highest BCUT2D eigenvalue weighted by Gasteiger charge is 2.22. The maximum Gasteiger partial charge on any atom is 0.358 e. The molecule has 0 atom stereocenters. The molecule has 0 saturated heterocycles. The second-order valence-electron chi connectivity index (χ2n) is 5.70. The summed E-state index contributed by atoms with van der Waals surface area (Å²) in [6, 6.07) is 6.85. The second-order valence-corrected chi connectivity index (χ2v) is 5.70. The topological polar surface area (TPSA) is 82.1 Å². The molecule has 0 unspecified atom stereocenters. The van der Waals surface area contributed by atoms with Crippen LogP contribution in [0.25, 0.3) is 0 Å². The zero-order chi connectivity index (χ0) is 15.0. The maximum atomic E-state index is 11.0. The van der Waals surface area contributed by atoms with E-state index in [1.165, 1.54) is 11.1 Å². The zero-order valence-corrected chi connectivity index (χ0v) is 12.1. The highest BCUT2D eigenvalue weighted by molar-refractivity contribution is 5.86. The Hall–Kier alpha value is -2.21. The Morgan fingerprint density at radius 3 is 2.81 bits per heavy atom. The van der Waals surface area contributed by atoms with Crippen molar-refractivity contribution in [2.24, 2.45) is 0 Å². The van der Waals surface area contributed by atoms with Crippen molar-refractivity contribution in [1.29, 1.82) is 0 Å². The predicted octanol–water partition coefficient (Wildman–Crippen LogP) is 1.82. The quantitative estimate of drug-likeness (QED) is 0.896. The Bertz CT molecular complexity index is 678. The molecular formula is C15H18N4O2. The van der Waals surface area contributed by atoms with Crippen molar-refractivity contribution in [2.45, 2.75) is 39.4 Å². The summed E-state index contributed by atoms with van der Waals surface area (Å²) in [6.45, 7) is 6.33. The Kier molecular flexibility index (Phi) is 3.47. The van der Waals surface area contributed by atoms with Crippen LogP contribution in [0.3, 0.4) is 0 Å². The Morgan fingerprint density at radius 2 is 2.10 bits per heavy atom. The fourth-order valence-electron chi connectivity index (χ4n) is 2.69. The molecule has 0 spiro atoms. The molecule has 2 N–H and O–H groups in total. The van der Waals surface area contributed by atoms with Gasteiger partial charge >= 0.3 is 5.97 Å². The summed E-state index contributed by atoms with van der Waals surface area (Å²) < 4.78 is 0. The summed E-state index contributed by atoms with van der Waals surface area (Å²) >= 11 is 0. The minimum atomic E-state index is -1.05. The number of nitrogens with one attached hydrogen (secondary N) is 1. The second kappa shape index (κ2) is 5.29. The van der Waals surface area contributed by atoms with E-state index in [1.807, 2.05) is 6.07 Å².